The SMILES string of the molecule is CCCC[P+](CCCC)(CCCC)N(/N=C(\[O-])OC(C)C)C(=O)OC(C)C. The molecule has 0 heterocycles. The molecular weight excluding hydrogens is 363 g/mol. The van der Waals surface area contributed by atoms with Crippen molar-refractivity contribution >= 4 is 19.6 Å². The third-order valence-electron chi connectivity index (χ3n) is 4.20. The zero-order valence-electron chi connectivity index (χ0n) is 18.5. The van der Waals surface area contributed by atoms with Crippen LogP contribution in [0, 0.1) is 0 Å². The summed E-state index contributed by atoms with van der Waals surface area (Å²) in [6.45, 7) is 13.6. The van der Waals surface area contributed by atoms with Gasteiger partial charge in [0, 0.05) is 6.10 Å². The van der Waals surface area contributed by atoms with Crippen LogP contribution < -0.4 is 5.11 Å². The lowest BCUT2D eigenvalue weighted by Crippen LogP contribution is -2.37. The van der Waals surface area contributed by atoms with Crippen LogP contribution in [0.4, 0.5) is 4.79 Å². The fraction of sp³-hybridized carbons (Fsp3) is 0.900. The number of ether oxygens (including phenoxy) is 2. The highest BCUT2D eigenvalue weighted by Crippen LogP contribution is 2.64. The normalized spacial score (nSPS) is 12.6. The first-order valence-electron chi connectivity index (χ1n) is 10.5. The highest BCUT2D eigenvalue weighted by Gasteiger charge is 2.48. The lowest BCUT2D eigenvalue weighted by atomic mass is 10.4. The third kappa shape index (κ3) is 10.2. The number of unbranched alkanes of at least 4 members (excludes halogenated alkanes) is 3. The van der Waals surface area contributed by atoms with Crippen LogP contribution in [0.5, 0.6) is 0 Å². The van der Waals surface area contributed by atoms with Gasteiger partial charge in [-0.1, -0.05) is 58.7 Å². The van der Waals surface area contributed by atoms with Crippen LogP contribution in [0.25, 0.3) is 0 Å². The number of hydrazone groups is 1. The van der Waals surface area contributed by atoms with Gasteiger partial charge in [-0.05, 0) is 33.1 Å². The summed E-state index contributed by atoms with van der Waals surface area (Å²) in [6.07, 6.45) is 7.16. The van der Waals surface area contributed by atoms with Gasteiger partial charge in [-0.25, -0.2) is 4.79 Å². The van der Waals surface area contributed by atoms with Crippen LogP contribution in [0.3, 0.4) is 0 Å². The average molecular weight is 405 g/mol. The first-order valence-corrected chi connectivity index (χ1v) is 12.8. The van der Waals surface area contributed by atoms with E-state index in [1.807, 2.05) is 13.8 Å². The van der Waals surface area contributed by atoms with Gasteiger partial charge in [-0.2, -0.15) is 0 Å². The molecule has 0 aliphatic rings. The smallest absolute Gasteiger partial charge is 0.463 e. The van der Waals surface area contributed by atoms with Crippen molar-refractivity contribution in [2.45, 2.75) is 99.2 Å². The number of rotatable bonds is 13. The molecule has 0 aromatic carbocycles. The first-order chi connectivity index (χ1) is 12.7. The zero-order valence-corrected chi connectivity index (χ0v) is 19.4. The predicted molar refractivity (Wildman–Crippen MR) is 113 cm³/mol. The fourth-order valence-electron chi connectivity index (χ4n) is 2.84. The summed E-state index contributed by atoms with van der Waals surface area (Å²) in [5.74, 6) is 0. The Bertz CT molecular complexity index is 420. The summed E-state index contributed by atoms with van der Waals surface area (Å²) in [6, 6.07) is 0. The van der Waals surface area contributed by atoms with E-state index in [0.29, 0.717) is 0 Å². The van der Waals surface area contributed by atoms with Crippen LogP contribution in [0.2, 0.25) is 0 Å². The van der Waals surface area contributed by atoms with Crippen LogP contribution in [-0.2, 0) is 9.47 Å². The van der Waals surface area contributed by atoms with Crippen LogP contribution in [-0.4, -0.2) is 47.7 Å². The summed E-state index contributed by atoms with van der Waals surface area (Å²) in [5, 5.41) is 16.4. The van der Waals surface area contributed by atoms with Gasteiger partial charge in [0.2, 0.25) is 0 Å². The summed E-state index contributed by atoms with van der Waals surface area (Å²) >= 11 is 0. The van der Waals surface area contributed by atoms with Crippen molar-refractivity contribution in [1.29, 1.82) is 0 Å². The number of hydrogen-bond acceptors (Lipinski definition) is 5. The molecule has 0 radical (unpaired) electrons. The maximum atomic E-state index is 12.9. The molecule has 0 saturated heterocycles. The highest BCUT2D eigenvalue weighted by molar-refractivity contribution is 7.74. The van der Waals surface area contributed by atoms with Gasteiger partial charge in [0.05, 0.1) is 24.6 Å². The van der Waals surface area contributed by atoms with Crippen LogP contribution in [0.1, 0.15) is 87.0 Å². The molecule has 1 amide bonds. The molecule has 0 aliphatic carbocycles. The molecule has 0 atom stereocenters. The largest absolute Gasteiger partial charge is 0.596 e. The van der Waals surface area contributed by atoms with Crippen molar-refractivity contribution < 1.29 is 19.4 Å². The Morgan fingerprint density at radius 3 is 1.63 bits per heavy atom. The molecule has 0 aromatic rings. The van der Waals surface area contributed by atoms with Crippen LogP contribution >= 0.6 is 7.41 Å². The Balaban J connectivity index is 6.02. The second-order valence-electron chi connectivity index (χ2n) is 7.58. The van der Waals surface area contributed by atoms with Crippen molar-refractivity contribution in [2.75, 3.05) is 18.5 Å². The topological polar surface area (TPSA) is 74.2 Å². The van der Waals surface area contributed by atoms with Crippen molar-refractivity contribution in [3.63, 3.8) is 0 Å². The summed E-state index contributed by atoms with van der Waals surface area (Å²) in [4.78, 5) is 12.9. The molecular formula is C20H41N2O4P. The number of amides is 1. The molecule has 0 bridgehead atoms. The Morgan fingerprint density at radius 1 is 0.889 bits per heavy atom. The van der Waals surface area contributed by atoms with Gasteiger partial charge in [-0.3, -0.25) is 0 Å². The van der Waals surface area contributed by atoms with Gasteiger partial charge >= 0.3 is 6.09 Å². The quantitative estimate of drug-likeness (QED) is 0.182. The second kappa shape index (κ2) is 14.0. The molecule has 27 heavy (non-hydrogen) atoms. The zero-order chi connectivity index (χ0) is 20.9. The van der Waals surface area contributed by atoms with Crippen LogP contribution in [0.15, 0.2) is 5.10 Å². The second-order valence-corrected chi connectivity index (χ2v) is 11.5. The minimum atomic E-state index is -1.97. The number of carbonyl (C=O) groups is 1. The van der Waals surface area contributed by atoms with E-state index in [-0.39, 0.29) is 12.2 Å². The van der Waals surface area contributed by atoms with Crippen molar-refractivity contribution in [3.8, 4) is 0 Å². The van der Waals surface area contributed by atoms with Gasteiger partial charge in [-0.15, -0.1) is 5.10 Å². The maximum Gasteiger partial charge on any atom is 0.463 e. The lowest BCUT2D eigenvalue weighted by Gasteiger charge is -2.34. The monoisotopic (exact) mass is 404 g/mol. The molecule has 0 aromatic heterocycles. The number of hydrogen-bond donors (Lipinski definition) is 0. The lowest BCUT2D eigenvalue weighted by molar-refractivity contribution is -0.255. The standard InChI is InChI=1S/C20H41N2O4P/c1-8-11-14-27(15-12-9-2,16-13-10-3)22(20(24)26-18(6)7)21-19(23)25-17(4)5/h17-18H,8-16H2,1-7H3. The Morgan fingerprint density at radius 2 is 1.30 bits per heavy atom. The number of carbonyl (C=O) groups excluding carboxylic acids is 1. The van der Waals surface area contributed by atoms with E-state index in [1.54, 1.807) is 13.8 Å². The Kier molecular flexibility index (Phi) is 13.5. The van der Waals surface area contributed by atoms with Gasteiger partial charge in [0.15, 0.2) is 6.08 Å². The molecule has 6 nitrogen and oxygen atoms in total. The van der Waals surface area contributed by atoms with E-state index in [2.05, 4.69) is 25.9 Å². The number of nitrogens with zero attached hydrogens (tertiary/aromatic N) is 2. The van der Waals surface area contributed by atoms with Crippen molar-refractivity contribution in [1.82, 2.24) is 4.78 Å². The molecule has 7 heteroatoms. The van der Waals surface area contributed by atoms with E-state index in [4.69, 9.17) is 9.47 Å². The maximum absolute atomic E-state index is 12.9. The molecule has 0 aliphatic heterocycles. The Hall–Kier alpha value is -1.03. The van der Waals surface area contributed by atoms with E-state index in [9.17, 15) is 9.90 Å². The molecule has 0 unspecified atom stereocenters. The molecule has 0 N–H and O–H groups in total. The highest BCUT2D eigenvalue weighted by atomic mass is 31.2. The first kappa shape index (κ1) is 26.0. The predicted octanol–water partition coefficient (Wildman–Crippen LogP) is 5.22. The molecule has 0 spiro atoms. The molecule has 0 saturated carbocycles. The van der Waals surface area contributed by atoms with Gasteiger partial charge in [0.25, 0.3) is 0 Å². The minimum Gasteiger partial charge on any atom is -0.596 e. The molecule has 0 rings (SSSR count). The van der Waals surface area contributed by atoms with Crippen molar-refractivity contribution in [3.05, 3.63) is 0 Å². The molecule has 160 valence electrons. The van der Waals surface area contributed by atoms with Gasteiger partial charge in [0.1, 0.15) is 7.41 Å². The average Bonchev–Trinajstić information content (AvgIpc) is 2.58. The summed E-state index contributed by atoms with van der Waals surface area (Å²) < 4.78 is 12.1. The Labute approximate surface area is 167 Å². The fourth-order valence-corrected chi connectivity index (χ4v) is 7.45. The van der Waals surface area contributed by atoms with Crippen molar-refractivity contribution in [2.24, 2.45) is 5.10 Å². The minimum absolute atomic E-state index is 0.262. The third-order valence-corrected chi connectivity index (χ3v) is 8.70. The van der Waals surface area contributed by atoms with E-state index in [0.717, 1.165) is 57.0 Å². The summed E-state index contributed by atoms with van der Waals surface area (Å²) in [7, 11) is -1.97. The molecule has 0 fully saturated rings. The summed E-state index contributed by atoms with van der Waals surface area (Å²) in [5.41, 5.74) is 0. The van der Waals surface area contributed by atoms with E-state index in [1.165, 1.54) is 4.78 Å². The van der Waals surface area contributed by atoms with Gasteiger partial charge < -0.3 is 14.6 Å². The van der Waals surface area contributed by atoms with E-state index >= 15 is 0 Å². The van der Waals surface area contributed by atoms with E-state index < -0.39 is 19.6 Å².